The van der Waals surface area contributed by atoms with Crippen LogP contribution < -0.4 is 5.32 Å². The molecule has 2 heterocycles. The van der Waals surface area contributed by atoms with Gasteiger partial charge in [-0.25, -0.2) is 0 Å². The number of hydrogen-bond donors (Lipinski definition) is 1. The molecule has 3 aliphatic rings. The van der Waals surface area contributed by atoms with Crippen molar-refractivity contribution in [1.29, 1.82) is 0 Å². The summed E-state index contributed by atoms with van der Waals surface area (Å²) >= 11 is 0. The van der Waals surface area contributed by atoms with Gasteiger partial charge in [0.15, 0.2) is 0 Å². The lowest BCUT2D eigenvalue weighted by Gasteiger charge is -2.33. The Morgan fingerprint density at radius 3 is 2.38 bits per heavy atom. The van der Waals surface area contributed by atoms with E-state index in [9.17, 15) is 31.1 Å². The van der Waals surface area contributed by atoms with Crippen LogP contribution in [-0.4, -0.2) is 54.2 Å². The minimum Gasteiger partial charge on any atom is -0.422 e. The predicted octanol–water partition coefficient (Wildman–Crippen LogP) is 3.36. The van der Waals surface area contributed by atoms with Crippen LogP contribution in [0.1, 0.15) is 55.9 Å². The molecule has 0 spiro atoms. The Hall–Kier alpha value is -1.93. The highest BCUT2D eigenvalue weighted by Crippen LogP contribution is 2.42. The Labute approximate surface area is 178 Å². The molecule has 3 fully saturated rings. The van der Waals surface area contributed by atoms with Gasteiger partial charge in [0, 0.05) is 11.8 Å². The van der Waals surface area contributed by atoms with Gasteiger partial charge < -0.3 is 14.5 Å². The van der Waals surface area contributed by atoms with Crippen LogP contribution in [0.2, 0.25) is 0 Å². The van der Waals surface area contributed by atoms with E-state index in [0.29, 0.717) is 19.3 Å². The predicted molar refractivity (Wildman–Crippen MR) is 90.7 cm³/mol. The normalized spacial score (nSPS) is 32.9. The van der Waals surface area contributed by atoms with E-state index in [2.05, 4.69) is 25.0 Å². The smallest absolute Gasteiger partial charge is 0.422 e. The molecule has 0 aromatic carbocycles. The number of ether oxygens (including phenoxy) is 3. The van der Waals surface area contributed by atoms with Crippen LogP contribution in [0.25, 0.3) is 0 Å². The highest BCUT2D eigenvalue weighted by molar-refractivity contribution is 5.81. The molecule has 2 unspecified atom stereocenters. The average Bonchev–Trinajstić information content (AvgIpc) is 3.29. The Bertz CT molecular complexity index is 802. The van der Waals surface area contributed by atoms with Gasteiger partial charge in [0.05, 0.1) is 25.4 Å². The highest BCUT2D eigenvalue weighted by atomic mass is 19.4. The summed E-state index contributed by atoms with van der Waals surface area (Å²) in [6.45, 7) is -0.371. The van der Waals surface area contributed by atoms with E-state index < -0.39 is 43.4 Å². The van der Waals surface area contributed by atoms with Crippen molar-refractivity contribution >= 4 is 5.91 Å². The molecule has 0 radical (unpaired) electrons. The number of nitrogens with one attached hydrogen (secondary N) is 1. The van der Waals surface area contributed by atoms with Gasteiger partial charge in [0.25, 0.3) is 0 Å². The van der Waals surface area contributed by atoms with Gasteiger partial charge in [-0.05, 0) is 38.0 Å². The summed E-state index contributed by atoms with van der Waals surface area (Å²) in [4.78, 5) is 12.2. The largest absolute Gasteiger partial charge is 0.522 e. The minimum absolute atomic E-state index is 0.136. The fraction of sp³-hybridized carbons (Fsp3) is 0.833. The van der Waals surface area contributed by atoms with E-state index in [1.165, 1.54) is 0 Å². The van der Waals surface area contributed by atoms with Gasteiger partial charge in [0.1, 0.15) is 6.10 Å². The number of rotatable bonds is 7. The molecule has 14 heteroatoms. The highest BCUT2D eigenvalue weighted by Gasteiger charge is 2.46. The molecule has 2 saturated carbocycles. The topological polar surface area (TPSA) is 95.7 Å². The second kappa shape index (κ2) is 8.78. The number of carbonyl (C=O) groups excluding carboxylic acids is 1. The van der Waals surface area contributed by atoms with E-state index >= 15 is 0 Å². The molecule has 1 aliphatic heterocycles. The maximum absolute atomic E-state index is 12.2. The quantitative estimate of drug-likeness (QED) is 0.607. The maximum atomic E-state index is 12.2. The first-order valence-corrected chi connectivity index (χ1v) is 10.2. The van der Waals surface area contributed by atoms with E-state index in [1.54, 1.807) is 0 Å². The van der Waals surface area contributed by atoms with E-state index in [4.69, 9.17) is 9.15 Å². The van der Waals surface area contributed by atoms with Gasteiger partial charge in [-0.1, -0.05) is 0 Å². The SMILES string of the molecule is O=C(N[C@@H]1CC[C@@H](c2nnc(C3CC(OC(F)(F)F)C3)o2)OC1)C1CC1COC(F)(F)F. The molecule has 2 aliphatic carbocycles. The molecule has 1 N–H and O–H groups in total. The number of amides is 1. The lowest BCUT2D eigenvalue weighted by atomic mass is 9.82. The van der Waals surface area contributed by atoms with Crippen molar-refractivity contribution in [3.8, 4) is 0 Å². The summed E-state index contributed by atoms with van der Waals surface area (Å²) in [7, 11) is 0. The van der Waals surface area contributed by atoms with E-state index in [0.717, 1.165) is 0 Å². The van der Waals surface area contributed by atoms with Crippen LogP contribution in [0.5, 0.6) is 0 Å². The molecule has 4 atom stereocenters. The third kappa shape index (κ3) is 6.10. The fourth-order valence-electron chi connectivity index (χ4n) is 3.92. The van der Waals surface area contributed by atoms with E-state index in [-0.39, 0.29) is 49.1 Å². The van der Waals surface area contributed by atoms with Gasteiger partial charge in [-0.3, -0.25) is 14.3 Å². The number of alkyl halides is 6. The molecule has 1 amide bonds. The summed E-state index contributed by atoms with van der Waals surface area (Å²) in [6.07, 6.45) is -9.18. The fourth-order valence-corrected chi connectivity index (χ4v) is 3.92. The van der Waals surface area contributed by atoms with Crippen molar-refractivity contribution < 1.29 is 49.8 Å². The minimum atomic E-state index is -4.71. The van der Waals surface area contributed by atoms with Crippen LogP contribution in [0.4, 0.5) is 26.3 Å². The molecule has 1 aromatic heterocycles. The van der Waals surface area contributed by atoms with Crippen LogP contribution in [0.15, 0.2) is 4.42 Å². The molecule has 0 bridgehead atoms. The summed E-state index contributed by atoms with van der Waals surface area (Å²) in [6, 6.07) is -0.294. The lowest BCUT2D eigenvalue weighted by molar-refractivity contribution is -0.352. The van der Waals surface area contributed by atoms with Crippen molar-refractivity contribution in [1.82, 2.24) is 15.5 Å². The van der Waals surface area contributed by atoms with Crippen LogP contribution in [0, 0.1) is 11.8 Å². The Morgan fingerprint density at radius 2 is 1.75 bits per heavy atom. The van der Waals surface area contributed by atoms with Gasteiger partial charge in [-0.2, -0.15) is 0 Å². The average molecular weight is 473 g/mol. The lowest BCUT2D eigenvalue weighted by Crippen LogP contribution is -2.42. The molecular weight excluding hydrogens is 452 g/mol. The third-order valence-corrected chi connectivity index (χ3v) is 5.82. The van der Waals surface area contributed by atoms with Crippen molar-refractivity contribution in [2.24, 2.45) is 11.8 Å². The number of aromatic nitrogens is 2. The molecule has 32 heavy (non-hydrogen) atoms. The number of halogens is 6. The number of nitrogens with zero attached hydrogens (tertiary/aromatic N) is 2. The van der Waals surface area contributed by atoms with Crippen molar-refractivity contribution in [2.75, 3.05) is 13.2 Å². The summed E-state index contributed by atoms with van der Waals surface area (Å²) < 4.78 is 91.7. The number of hydrogen-bond acceptors (Lipinski definition) is 7. The monoisotopic (exact) mass is 473 g/mol. The zero-order chi connectivity index (χ0) is 23.1. The molecule has 180 valence electrons. The second-order valence-electron chi connectivity index (χ2n) is 8.30. The van der Waals surface area contributed by atoms with Crippen molar-refractivity contribution in [2.45, 2.75) is 69.0 Å². The van der Waals surface area contributed by atoms with E-state index in [1.807, 2.05) is 0 Å². The van der Waals surface area contributed by atoms with Gasteiger partial charge in [0.2, 0.25) is 17.7 Å². The van der Waals surface area contributed by atoms with Gasteiger partial charge >= 0.3 is 12.7 Å². The molecule has 1 aromatic rings. The maximum Gasteiger partial charge on any atom is 0.522 e. The summed E-state index contributed by atoms with van der Waals surface area (Å²) in [5.74, 6) is -1.11. The summed E-state index contributed by atoms with van der Waals surface area (Å²) in [5, 5.41) is 10.6. The zero-order valence-electron chi connectivity index (χ0n) is 16.6. The van der Waals surface area contributed by atoms with Crippen LogP contribution >= 0.6 is 0 Å². The first-order valence-electron chi connectivity index (χ1n) is 10.2. The number of carbonyl (C=O) groups is 1. The zero-order valence-corrected chi connectivity index (χ0v) is 16.6. The first-order chi connectivity index (χ1) is 15.0. The molecule has 4 rings (SSSR count). The third-order valence-electron chi connectivity index (χ3n) is 5.82. The van der Waals surface area contributed by atoms with Crippen LogP contribution in [-0.2, 0) is 19.0 Å². The Kier molecular flexibility index (Phi) is 6.38. The van der Waals surface area contributed by atoms with Crippen molar-refractivity contribution in [3.63, 3.8) is 0 Å². The van der Waals surface area contributed by atoms with Crippen LogP contribution in [0.3, 0.4) is 0 Å². The molecule has 1 saturated heterocycles. The first kappa shape index (κ1) is 23.2. The Morgan fingerprint density at radius 1 is 1.03 bits per heavy atom. The summed E-state index contributed by atoms with van der Waals surface area (Å²) in [5.41, 5.74) is 0. The standard InChI is InChI=1S/C18H21F6N3O5/c19-17(20,21)30-6-9-5-12(9)14(28)25-10-1-2-13(29-7-10)16-27-26-15(31-16)8-3-11(4-8)32-18(22,23)24/h8-13H,1-7H2,(H,25,28)/t8?,9?,10-,11?,12?,13+/m1/s1. The second-order valence-corrected chi connectivity index (χ2v) is 8.30. The Balaban J connectivity index is 1.16. The van der Waals surface area contributed by atoms with Gasteiger partial charge in [-0.15, -0.1) is 36.5 Å². The molecular formula is C18H21F6N3O5. The van der Waals surface area contributed by atoms with Crippen molar-refractivity contribution in [3.05, 3.63) is 11.8 Å². The molecule has 8 nitrogen and oxygen atoms in total.